The lowest BCUT2D eigenvalue weighted by Crippen LogP contribution is -2.12. The largest absolute Gasteiger partial charge is 0.491 e. The number of benzene rings is 4. The molecule has 0 aliphatic heterocycles. The van der Waals surface area contributed by atoms with Gasteiger partial charge in [0.15, 0.2) is 0 Å². The molecule has 0 fully saturated rings. The highest BCUT2D eigenvalue weighted by molar-refractivity contribution is 5.92. The Bertz CT molecular complexity index is 1410. The predicted molar refractivity (Wildman–Crippen MR) is 164 cm³/mol. The van der Waals surface area contributed by atoms with Crippen LogP contribution in [0.3, 0.4) is 0 Å². The maximum absolute atomic E-state index is 12.7. The van der Waals surface area contributed by atoms with Gasteiger partial charge in [0.25, 0.3) is 0 Å². The number of hydrogen-bond acceptors (Lipinski definition) is 8. The maximum Gasteiger partial charge on any atom is 0.343 e. The summed E-state index contributed by atoms with van der Waals surface area (Å²) in [5, 5.41) is 0. The van der Waals surface area contributed by atoms with Crippen molar-refractivity contribution in [2.75, 3.05) is 53.4 Å². The molecule has 4 aromatic carbocycles. The van der Waals surface area contributed by atoms with Crippen molar-refractivity contribution in [1.82, 2.24) is 0 Å². The Hall–Kier alpha value is -4.50. The van der Waals surface area contributed by atoms with Gasteiger partial charge in [0, 0.05) is 7.11 Å². The van der Waals surface area contributed by atoms with Crippen LogP contribution in [0, 0.1) is 0 Å². The van der Waals surface area contributed by atoms with Crippen LogP contribution in [-0.4, -0.2) is 65.3 Å². The Balaban J connectivity index is 1.23. The van der Waals surface area contributed by atoms with Crippen molar-refractivity contribution in [1.29, 1.82) is 0 Å². The first-order valence-electron chi connectivity index (χ1n) is 14.1. The Morgan fingerprint density at radius 3 is 1.42 bits per heavy atom. The number of esters is 2. The molecule has 0 saturated carbocycles. The van der Waals surface area contributed by atoms with Gasteiger partial charge in [-0.25, -0.2) is 9.59 Å². The van der Waals surface area contributed by atoms with Crippen LogP contribution >= 0.6 is 0 Å². The van der Waals surface area contributed by atoms with Gasteiger partial charge in [-0.1, -0.05) is 48.5 Å². The van der Waals surface area contributed by atoms with E-state index in [1.807, 2.05) is 60.7 Å². The SMILES string of the molecule is CCOC(=O)c1ccc(-c2ccc(OC(=O)c3ccc(-c4ccc(OCCOCCOCCOC)cc4)cc3)cc2)cc1. The minimum Gasteiger partial charge on any atom is -0.491 e. The van der Waals surface area contributed by atoms with E-state index in [-0.39, 0.29) is 5.97 Å². The highest BCUT2D eigenvalue weighted by Gasteiger charge is 2.11. The van der Waals surface area contributed by atoms with E-state index in [0.717, 1.165) is 28.0 Å². The molecule has 0 bridgehead atoms. The Morgan fingerprint density at radius 1 is 0.512 bits per heavy atom. The van der Waals surface area contributed by atoms with Crippen molar-refractivity contribution in [3.63, 3.8) is 0 Å². The zero-order valence-corrected chi connectivity index (χ0v) is 24.5. The summed E-state index contributed by atoms with van der Waals surface area (Å²) in [7, 11) is 1.64. The number of carbonyl (C=O) groups excluding carboxylic acids is 2. The Labute approximate surface area is 252 Å². The van der Waals surface area contributed by atoms with E-state index in [0.29, 0.717) is 63.1 Å². The van der Waals surface area contributed by atoms with Crippen LogP contribution in [0.1, 0.15) is 27.6 Å². The van der Waals surface area contributed by atoms with Gasteiger partial charge in [0.2, 0.25) is 0 Å². The molecule has 0 aliphatic carbocycles. The molecule has 0 amide bonds. The second-order valence-corrected chi connectivity index (χ2v) is 9.38. The quantitative estimate of drug-likeness (QED) is 0.0841. The van der Waals surface area contributed by atoms with Gasteiger partial charge in [-0.15, -0.1) is 0 Å². The van der Waals surface area contributed by atoms with Crippen molar-refractivity contribution >= 4 is 11.9 Å². The highest BCUT2D eigenvalue weighted by atomic mass is 16.6. The van der Waals surface area contributed by atoms with Gasteiger partial charge >= 0.3 is 11.9 Å². The zero-order chi connectivity index (χ0) is 30.3. The summed E-state index contributed by atoms with van der Waals surface area (Å²) in [6, 6.07) is 29.4. The second-order valence-electron chi connectivity index (χ2n) is 9.38. The first kappa shape index (κ1) is 31.4. The molecule has 0 N–H and O–H groups in total. The van der Waals surface area contributed by atoms with Gasteiger partial charge < -0.3 is 28.4 Å². The zero-order valence-electron chi connectivity index (χ0n) is 24.5. The van der Waals surface area contributed by atoms with E-state index >= 15 is 0 Å². The molecule has 0 atom stereocenters. The summed E-state index contributed by atoms with van der Waals surface area (Å²) < 4.78 is 32.1. The first-order valence-corrected chi connectivity index (χ1v) is 14.1. The minimum absolute atomic E-state index is 0.333. The van der Waals surface area contributed by atoms with Crippen molar-refractivity contribution in [3.8, 4) is 33.8 Å². The molecule has 0 aliphatic rings. The lowest BCUT2D eigenvalue weighted by molar-refractivity contribution is 0.0180. The summed E-state index contributed by atoms with van der Waals surface area (Å²) in [4.78, 5) is 24.6. The standard InChI is InChI=1S/C35H36O8/c1-3-41-34(36)30-8-4-26(5-9-30)29-14-18-33(19-15-29)43-35(37)31-10-6-27(7-11-31)28-12-16-32(17-13-28)42-25-24-40-23-22-39-21-20-38-2/h4-19H,3,20-25H2,1-2H3. The fraction of sp³-hybridized carbons (Fsp3) is 0.257. The van der Waals surface area contributed by atoms with Crippen LogP contribution < -0.4 is 9.47 Å². The molecule has 8 nitrogen and oxygen atoms in total. The van der Waals surface area contributed by atoms with Crippen LogP contribution in [-0.2, 0) is 18.9 Å². The van der Waals surface area contributed by atoms with E-state index < -0.39 is 5.97 Å². The fourth-order valence-corrected chi connectivity index (χ4v) is 4.12. The minimum atomic E-state index is -0.439. The summed E-state index contributed by atoms with van der Waals surface area (Å²) >= 11 is 0. The second kappa shape index (κ2) is 16.8. The Kier molecular flexibility index (Phi) is 12.3. The van der Waals surface area contributed by atoms with Crippen molar-refractivity contribution < 1.29 is 38.0 Å². The van der Waals surface area contributed by atoms with Crippen LogP contribution in [0.5, 0.6) is 11.5 Å². The number of ether oxygens (including phenoxy) is 6. The van der Waals surface area contributed by atoms with E-state index in [9.17, 15) is 9.59 Å². The smallest absolute Gasteiger partial charge is 0.343 e. The summed E-state index contributed by atoms with van der Waals surface area (Å²) in [5.74, 6) is 0.410. The summed E-state index contributed by atoms with van der Waals surface area (Å²) in [5.41, 5.74) is 4.80. The van der Waals surface area contributed by atoms with Crippen LogP contribution in [0.25, 0.3) is 22.3 Å². The number of carbonyl (C=O) groups is 2. The van der Waals surface area contributed by atoms with Crippen LogP contribution in [0.15, 0.2) is 97.1 Å². The molecule has 0 saturated heterocycles. The topological polar surface area (TPSA) is 89.5 Å². The molecule has 0 heterocycles. The lowest BCUT2D eigenvalue weighted by atomic mass is 10.0. The van der Waals surface area contributed by atoms with Gasteiger partial charge in [0.1, 0.15) is 18.1 Å². The third kappa shape index (κ3) is 9.78. The van der Waals surface area contributed by atoms with Gasteiger partial charge in [-0.3, -0.25) is 0 Å². The van der Waals surface area contributed by atoms with Gasteiger partial charge in [0.05, 0.1) is 50.8 Å². The molecular weight excluding hydrogens is 548 g/mol. The van der Waals surface area contributed by atoms with E-state index in [1.54, 1.807) is 50.4 Å². The average molecular weight is 585 g/mol. The van der Waals surface area contributed by atoms with Crippen molar-refractivity contribution in [2.24, 2.45) is 0 Å². The first-order chi connectivity index (χ1) is 21.1. The third-order valence-electron chi connectivity index (χ3n) is 6.40. The number of methoxy groups -OCH3 is 1. The molecule has 4 aromatic rings. The monoisotopic (exact) mass is 584 g/mol. The van der Waals surface area contributed by atoms with Crippen LogP contribution in [0.4, 0.5) is 0 Å². The Morgan fingerprint density at radius 2 is 0.930 bits per heavy atom. The normalized spacial score (nSPS) is 10.7. The predicted octanol–water partition coefficient (Wildman–Crippen LogP) is 6.47. The van der Waals surface area contributed by atoms with Crippen LogP contribution in [0.2, 0.25) is 0 Å². The lowest BCUT2D eigenvalue weighted by Gasteiger charge is -2.09. The van der Waals surface area contributed by atoms with Crippen molar-refractivity contribution in [2.45, 2.75) is 6.92 Å². The third-order valence-corrected chi connectivity index (χ3v) is 6.40. The molecule has 224 valence electrons. The molecule has 0 unspecified atom stereocenters. The molecule has 43 heavy (non-hydrogen) atoms. The molecule has 8 heteroatoms. The molecular formula is C35H36O8. The van der Waals surface area contributed by atoms with E-state index in [4.69, 9.17) is 28.4 Å². The maximum atomic E-state index is 12.7. The fourth-order valence-electron chi connectivity index (χ4n) is 4.12. The number of rotatable bonds is 16. The molecule has 0 radical (unpaired) electrons. The summed E-state index contributed by atoms with van der Waals surface area (Å²) in [6.45, 7) is 5.20. The summed E-state index contributed by atoms with van der Waals surface area (Å²) in [6.07, 6.45) is 0. The van der Waals surface area contributed by atoms with E-state index in [2.05, 4.69) is 0 Å². The van der Waals surface area contributed by atoms with E-state index in [1.165, 1.54) is 0 Å². The average Bonchev–Trinajstić information content (AvgIpc) is 3.05. The highest BCUT2D eigenvalue weighted by Crippen LogP contribution is 2.25. The molecule has 4 rings (SSSR count). The van der Waals surface area contributed by atoms with Gasteiger partial charge in [-0.05, 0) is 77.7 Å². The van der Waals surface area contributed by atoms with Crippen molar-refractivity contribution in [3.05, 3.63) is 108 Å². The number of hydrogen-bond donors (Lipinski definition) is 0. The molecule has 0 aromatic heterocycles. The molecule has 0 spiro atoms. The van der Waals surface area contributed by atoms with Gasteiger partial charge in [-0.2, -0.15) is 0 Å².